The molecule has 0 aliphatic heterocycles. The van der Waals surface area contributed by atoms with E-state index in [1.807, 2.05) is 0 Å². The second kappa shape index (κ2) is 9.06. The van der Waals surface area contributed by atoms with Crippen molar-refractivity contribution in [2.45, 2.75) is 71.3 Å². The summed E-state index contributed by atoms with van der Waals surface area (Å²) in [6, 6.07) is -0.363. The minimum atomic E-state index is -1.95. The van der Waals surface area contributed by atoms with Gasteiger partial charge in [-0.1, -0.05) is 20.8 Å². The number of alkyl halides is 1. The molecule has 0 aliphatic rings. The van der Waals surface area contributed by atoms with Crippen LogP contribution in [-0.2, 0) is 14.0 Å². The van der Waals surface area contributed by atoms with Crippen LogP contribution >= 0.6 is 11.6 Å². The lowest BCUT2D eigenvalue weighted by molar-refractivity contribution is -0.119. The minimum Gasteiger partial charge on any atom is -0.444 e. The number of alkyl carbamates (subject to hydrolysis) is 1. The molecule has 8 heteroatoms. The molecule has 0 bridgehead atoms. The highest BCUT2D eigenvalue weighted by Gasteiger charge is 2.37. The Kier molecular flexibility index (Phi) is 8.76. The molecule has 0 saturated carbocycles. The summed E-state index contributed by atoms with van der Waals surface area (Å²) in [4.78, 5) is 23.4. The average Bonchev–Trinajstić information content (AvgIpc) is 2.38. The van der Waals surface area contributed by atoms with Crippen LogP contribution in [0.25, 0.3) is 0 Å². The molecule has 0 aromatic rings. The third kappa shape index (κ3) is 9.49. The van der Waals surface area contributed by atoms with Crippen LogP contribution in [0.1, 0.15) is 41.5 Å². The first-order valence-electron chi connectivity index (χ1n) is 8.14. The number of amides is 2. The maximum Gasteiger partial charge on any atom is 0.407 e. The largest absolute Gasteiger partial charge is 0.444 e. The summed E-state index contributed by atoms with van der Waals surface area (Å²) in [5.41, 5.74) is -0.573. The zero-order chi connectivity index (χ0) is 19.2. The zero-order valence-electron chi connectivity index (χ0n) is 16.2. The minimum absolute atomic E-state index is 0.0621. The van der Waals surface area contributed by atoms with E-state index in [-0.39, 0.29) is 29.4 Å². The van der Waals surface area contributed by atoms with Crippen LogP contribution in [0.4, 0.5) is 4.79 Å². The molecule has 0 aromatic heterocycles. The molecule has 2 amide bonds. The van der Waals surface area contributed by atoms with E-state index in [1.54, 1.807) is 20.8 Å². The number of nitrogens with one attached hydrogen (secondary N) is 2. The molecule has 0 aliphatic carbocycles. The molecular weight excluding hydrogens is 348 g/mol. The predicted octanol–water partition coefficient (Wildman–Crippen LogP) is 3.26. The Hall–Kier alpha value is -0.793. The molecule has 6 nitrogen and oxygen atoms in total. The first kappa shape index (κ1) is 23.2. The standard InChI is InChI=1S/C16H33ClN2O4Si/c1-15(2,3)23-14(21)18-10-12(19-13(20)9-17)11-22-24(7,8)16(4,5)6/h12H,9-11H2,1-8H3,(H,18,21)(H,19,20)/t12-/m1/s1. The smallest absolute Gasteiger partial charge is 0.407 e. The average molecular weight is 381 g/mol. The second-order valence-electron chi connectivity index (χ2n) is 8.35. The van der Waals surface area contributed by atoms with Crippen LogP contribution in [0.3, 0.4) is 0 Å². The summed E-state index contributed by atoms with van der Waals surface area (Å²) in [6.45, 7) is 16.6. The van der Waals surface area contributed by atoms with E-state index in [9.17, 15) is 9.59 Å². The van der Waals surface area contributed by atoms with Crippen LogP contribution in [0, 0.1) is 0 Å². The van der Waals surface area contributed by atoms with Crippen molar-refractivity contribution in [1.82, 2.24) is 10.6 Å². The Balaban J connectivity index is 4.70. The molecule has 24 heavy (non-hydrogen) atoms. The number of carbonyl (C=O) groups excluding carboxylic acids is 2. The summed E-state index contributed by atoms with van der Waals surface area (Å²) < 4.78 is 11.3. The second-order valence-corrected chi connectivity index (χ2v) is 13.4. The summed E-state index contributed by atoms with van der Waals surface area (Å²) >= 11 is 5.55. The normalized spacial score (nSPS) is 14.0. The van der Waals surface area contributed by atoms with Gasteiger partial charge in [-0.05, 0) is 38.9 Å². The fourth-order valence-electron chi connectivity index (χ4n) is 1.46. The van der Waals surface area contributed by atoms with Crippen molar-refractivity contribution in [3.05, 3.63) is 0 Å². The van der Waals surface area contributed by atoms with Gasteiger partial charge in [0.15, 0.2) is 8.32 Å². The Morgan fingerprint density at radius 2 is 1.67 bits per heavy atom. The first-order chi connectivity index (χ1) is 10.7. The van der Waals surface area contributed by atoms with Gasteiger partial charge in [0.2, 0.25) is 5.91 Å². The zero-order valence-corrected chi connectivity index (χ0v) is 18.0. The highest BCUT2D eigenvalue weighted by Crippen LogP contribution is 2.36. The van der Waals surface area contributed by atoms with Crippen LogP contribution in [-0.4, -0.2) is 51.0 Å². The highest BCUT2D eigenvalue weighted by molar-refractivity contribution is 6.74. The van der Waals surface area contributed by atoms with Crippen LogP contribution in [0.15, 0.2) is 0 Å². The lowest BCUT2D eigenvalue weighted by Crippen LogP contribution is -2.51. The maximum atomic E-state index is 11.8. The molecule has 2 N–H and O–H groups in total. The Morgan fingerprint density at radius 3 is 2.08 bits per heavy atom. The van der Waals surface area contributed by atoms with Crippen molar-refractivity contribution in [3.63, 3.8) is 0 Å². The molecule has 0 rings (SSSR count). The third-order valence-electron chi connectivity index (χ3n) is 3.83. The van der Waals surface area contributed by atoms with E-state index < -0.39 is 20.0 Å². The molecular formula is C16H33ClN2O4Si. The molecule has 0 heterocycles. The number of ether oxygens (including phenoxy) is 1. The molecule has 0 spiro atoms. The molecule has 0 fully saturated rings. The Labute approximate surface area is 152 Å². The predicted molar refractivity (Wildman–Crippen MR) is 100 cm³/mol. The van der Waals surface area contributed by atoms with Crippen LogP contribution in [0.2, 0.25) is 18.1 Å². The van der Waals surface area contributed by atoms with E-state index in [0.717, 1.165) is 0 Å². The van der Waals surface area contributed by atoms with Gasteiger partial charge in [-0.2, -0.15) is 0 Å². The SMILES string of the molecule is CC(C)(C)OC(=O)NC[C@H](CO[Si](C)(C)C(C)(C)C)NC(=O)CCl. The van der Waals surface area contributed by atoms with Crippen molar-refractivity contribution in [3.8, 4) is 0 Å². The molecule has 0 radical (unpaired) electrons. The van der Waals surface area contributed by atoms with Crippen LogP contribution in [0.5, 0.6) is 0 Å². The van der Waals surface area contributed by atoms with Gasteiger partial charge in [-0.25, -0.2) is 4.79 Å². The van der Waals surface area contributed by atoms with Gasteiger partial charge < -0.3 is 19.8 Å². The van der Waals surface area contributed by atoms with E-state index in [2.05, 4.69) is 44.5 Å². The number of hydrogen-bond donors (Lipinski definition) is 2. The van der Waals surface area contributed by atoms with E-state index in [4.69, 9.17) is 20.8 Å². The number of carbonyl (C=O) groups is 2. The van der Waals surface area contributed by atoms with Gasteiger partial charge in [0.25, 0.3) is 0 Å². The molecule has 0 unspecified atom stereocenters. The fraction of sp³-hybridized carbons (Fsp3) is 0.875. The van der Waals surface area contributed by atoms with E-state index in [0.29, 0.717) is 6.61 Å². The van der Waals surface area contributed by atoms with Crippen molar-refractivity contribution < 1.29 is 18.8 Å². The van der Waals surface area contributed by atoms with Crippen molar-refractivity contribution in [2.75, 3.05) is 19.0 Å². The summed E-state index contributed by atoms with van der Waals surface area (Å²) in [5, 5.41) is 5.49. The molecule has 0 aromatic carbocycles. The summed E-state index contributed by atoms with van der Waals surface area (Å²) in [5.74, 6) is -0.435. The fourth-order valence-corrected chi connectivity index (χ4v) is 2.59. The summed E-state index contributed by atoms with van der Waals surface area (Å²) in [7, 11) is -1.95. The topological polar surface area (TPSA) is 76.7 Å². The van der Waals surface area contributed by atoms with E-state index >= 15 is 0 Å². The maximum absolute atomic E-state index is 11.8. The van der Waals surface area contributed by atoms with Crippen molar-refractivity contribution in [1.29, 1.82) is 0 Å². The quantitative estimate of drug-likeness (QED) is 0.525. The summed E-state index contributed by atoms with van der Waals surface area (Å²) in [6.07, 6.45) is -0.528. The Bertz CT molecular complexity index is 431. The number of rotatable bonds is 7. The van der Waals surface area contributed by atoms with Crippen molar-refractivity contribution in [2.24, 2.45) is 0 Å². The third-order valence-corrected chi connectivity index (χ3v) is 8.57. The number of halogens is 1. The van der Waals surface area contributed by atoms with Gasteiger partial charge in [0.05, 0.1) is 12.6 Å². The van der Waals surface area contributed by atoms with Crippen LogP contribution < -0.4 is 10.6 Å². The van der Waals surface area contributed by atoms with Gasteiger partial charge in [0, 0.05) is 6.54 Å². The van der Waals surface area contributed by atoms with Gasteiger partial charge in [-0.15, -0.1) is 11.6 Å². The lowest BCUT2D eigenvalue weighted by atomic mass is 10.2. The monoisotopic (exact) mass is 380 g/mol. The molecule has 142 valence electrons. The van der Waals surface area contributed by atoms with Gasteiger partial charge in [-0.3, -0.25) is 4.79 Å². The molecule has 0 saturated heterocycles. The molecule has 1 atom stereocenters. The van der Waals surface area contributed by atoms with Crippen molar-refractivity contribution >= 4 is 31.9 Å². The highest BCUT2D eigenvalue weighted by atomic mass is 35.5. The Morgan fingerprint density at radius 1 is 1.12 bits per heavy atom. The van der Waals surface area contributed by atoms with E-state index in [1.165, 1.54) is 0 Å². The van der Waals surface area contributed by atoms with Gasteiger partial charge >= 0.3 is 6.09 Å². The number of hydrogen-bond acceptors (Lipinski definition) is 4. The van der Waals surface area contributed by atoms with Gasteiger partial charge in [0.1, 0.15) is 11.5 Å². The lowest BCUT2D eigenvalue weighted by Gasteiger charge is -2.37. The first-order valence-corrected chi connectivity index (χ1v) is 11.6.